The van der Waals surface area contributed by atoms with Crippen LogP contribution in [0.1, 0.15) is 27.2 Å². The Labute approximate surface area is 150 Å². The van der Waals surface area contributed by atoms with E-state index >= 15 is 0 Å². The molecule has 1 aromatic heterocycles. The molecule has 0 unspecified atom stereocenters. The Balaban J connectivity index is 1.85. The van der Waals surface area contributed by atoms with Gasteiger partial charge in [0, 0.05) is 0 Å². The van der Waals surface area contributed by atoms with Crippen LogP contribution in [0, 0.1) is 13.8 Å². The topological polar surface area (TPSA) is 67.2 Å². The summed E-state index contributed by atoms with van der Waals surface area (Å²) in [5.74, 6) is -0.407. The Morgan fingerprint density at radius 1 is 1.16 bits per heavy atom. The highest BCUT2D eigenvalue weighted by Gasteiger charge is 2.21. The molecule has 3 aromatic rings. The molecule has 25 heavy (non-hydrogen) atoms. The van der Waals surface area contributed by atoms with Gasteiger partial charge < -0.3 is 10.4 Å². The van der Waals surface area contributed by atoms with Crippen LogP contribution < -0.4 is 5.32 Å². The Morgan fingerprint density at radius 3 is 2.52 bits per heavy atom. The number of aryl methyl sites for hydroxylation is 2. The van der Waals surface area contributed by atoms with Crippen molar-refractivity contribution in [3.05, 3.63) is 76.1 Å². The number of anilines is 1. The van der Waals surface area contributed by atoms with E-state index in [2.05, 4.69) is 10.4 Å². The van der Waals surface area contributed by atoms with Gasteiger partial charge in [-0.1, -0.05) is 53.6 Å². The SMILES string of the molecule is Cc1ccc(Cn2nc(C)c(C(=O)Nc3ccccc3O)c2Cl)cc1. The van der Waals surface area contributed by atoms with Crippen LogP contribution in [0.2, 0.25) is 5.15 Å². The molecule has 0 bridgehead atoms. The van der Waals surface area contributed by atoms with Gasteiger partial charge in [-0.2, -0.15) is 5.10 Å². The lowest BCUT2D eigenvalue weighted by Crippen LogP contribution is -2.13. The maximum absolute atomic E-state index is 12.6. The van der Waals surface area contributed by atoms with Crippen molar-refractivity contribution in [1.29, 1.82) is 0 Å². The molecule has 0 aliphatic rings. The molecular formula is C19H18ClN3O2. The predicted octanol–water partition coefficient (Wildman–Crippen LogP) is 4.16. The summed E-state index contributed by atoms with van der Waals surface area (Å²) >= 11 is 6.39. The van der Waals surface area contributed by atoms with Gasteiger partial charge in [0.25, 0.3) is 5.91 Å². The maximum atomic E-state index is 12.6. The van der Waals surface area contributed by atoms with Gasteiger partial charge in [0.15, 0.2) is 0 Å². The smallest absolute Gasteiger partial charge is 0.260 e. The number of benzene rings is 2. The molecule has 5 nitrogen and oxygen atoms in total. The van der Waals surface area contributed by atoms with Gasteiger partial charge in [0.1, 0.15) is 10.9 Å². The van der Waals surface area contributed by atoms with Crippen molar-refractivity contribution in [3.63, 3.8) is 0 Å². The maximum Gasteiger partial charge on any atom is 0.260 e. The first kappa shape index (κ1) is 17.0. The summed E-state index contributed by atoms with van der Waals surface area (Å²) in [6.45, 7) is 4.23. The van der Waals surface area contributed by atoms with Crippen LogP contribution in [-0.2, 0) is 6.54 Å². The summed E-state index contributed by atoms with van der Waals surface area (Å²) in [5.41, 5.74) is 3.38. The Bertz CT molecular complexity index is 917. The second-order valence-corrected chi connectivity index (χ2v) is 6.22. The second-order valence-electron chi connectivity index (χ2n) is 5.87. The van der Waals surface area contributed by atoms with E-state index in [-0.39, 0.29) is 10.9 Å². The monoisotopic (exact) mass is 355 g/mol. The minimum atomic E-state index is -0.404. The molecule has 0 radical (unpaired) electrons. The number of aromatic hydroxyl groups is 1. The Hall–Kier alpha value is -2.79. The van der Waals surface area contributed by atoms with Gasteiger partial charge in [-0.05, 0) is 31.5 Å². The zero-order valence-electron chi connectivity index (χ0n) is 14.0. The van der Waals surface area contributed by atoms with Crippen molar-refractivity contribution in [1.82, 2.24) is 9.78 Å². The van der Waals surface area contributed by atoms with Crippen molar-refractivity contribution in [3.8, 4) is 5.75 Å². The zero-order chi connectivity index (χ0) is 18.0. The summed E-state index contributed by atoms with van der Waals surface area (Å²) in [7, 11) is 0. The molecule has 0 fully saturated rings. The zero-order valence-corrected chi connectivity index (χ0v) is 14.7. The molecule has 6 heteroatoms. The first-order valence-corrected chi connectivity index (χ1v) is 8.21. The van der Waals surface area contributed by atoms with Crippen LogP contribution in [0.3, 0.4) is 0 Å². The minimum Gasteiger partial charge on any atom is -0.506 e. The standard InChI is InChI=1S/C19H18ClN3O2/c1-12-7-9-14(10-8-12)11-23-18(20)17(13(2)22-23)19(25)21-15-5-3-4-6-16(15)24/h3-10,24H,11H2,1-2H3,(H,21,25). The van der Waals surface area contributed by atoms with Gasteiger partial charge >= 0.3 is 0 Å². The van der Waals surface area contributed by atoms with Gasteiger partial charge in [0.2, 0.25) is 0 Å². The summed E-state index contributed by atoms with van der Waals surface area (Å²) in [6.07, 6.45) is 0. The number of nitrogens with one attached hydrogen (secondary N) is 1. The summed E-state index contributed by atoms with van der Waals surface area (Å²) in [4.78, 5) is 12.6. The number of aromatic nitrogens is 2. The quantitative estimate of drug-likeness (QED) is 0.690. The molecular weight excluding hydrogens is 338 g/mol. The van der Waals surface area contributed by atoms with Crippen molar-refractivity contribution in [2.75, 3.05) is 5.32 Å². The molecule has 1 amide bonds. The van der Waals surface area contributed by atoms with Crippen LogP contribution >= 0.6 is 11.6 Å². The minimum absolute atomic E-state index is 0.00308. The summed E-state index contributed by atoms with van der Waals surface area (Å²) < 4.78 is 1.60. The fraction of sp³-hybridized carbons (Fsp3) is 0.158. The lowest BCUT2D eigenvalue weighted by Gasteiger charge is -2.07. The molecule has 0 atom stereocenters. The fourth-order valence-corrected chi connectivity index (χ4v) is 2.87. The number of hydrogen-bond donors (Lipinski definition) is 2. The number of carbonyl (C=O) groups is 1. The van der Waals surface area contributed by atoms with Gasteiger partial charge in [-0.15, -0.1) is 0 Å². The highest BCUT2D eigenvalue weighted by atomic mass is 35.5. The molecule has 0 aliphatic heterocycles. The number of carbonyl (C=O) groups excluding carboxylic acids is 1. The molecule has 128 valence electrons. The van der Waals surface area contributed by atoms with Crippen LogP contribution in [0.5, 0.6) is 5.75 Å². The van der Waals surface area contributed by atoms with Gasteiger partial charge in [0.05, 0.1) is 23.5 Å². The first-order valence-electron chi connectivity index (χ1n) is 7.83. The van der Waals surface area contributed by atoms with Crippen LogP contribution in [0.15, 0.2) is 48.5 Å². The molecule has 2 aromatic carbocycles. The number of phenolic OH excluding ortho intramolecular Hbond substituents is 1. The first-order chi connectivity index (χ1) is 12.0. The van der Waals surface area contributed by atoms with Crippen LogP contribution in [0.25, 0.3) is 0 Å². The average Bonchev–Trinajstić information content (AvgIpc) is 2.85. The number of halogens is 1. The Kier molecular flexibility index (Phi) is 4.76. The largest absolute Gasteiger partial charge is 0.506 e. The molecule has 3 rings (SSSR count). The highest BCUT2D eigenvalue weighted by Crippen LogP contribution is 2.26. The average molecular weight is 356 g/mol. The molecule has 0 spiro atoms. The lowest BCUT2D eigenvalue weighted by molar-refractivity contribution is 0.102. The number of phenols is 1. The van der Waals surface area contributed by atoms with E-state index in [0.29, 0.717) is 23.5 Å². The normalized spacial score (nSPS) is 10.7. The third-order valence-electron chi connectivity index (χ3n) is 3.90. The van der Waals surface area contributed by atoms with Crippen molar-refractivity contribution in [2.24, 2.45) is 0 Å². The van der Waals surface area contributed by atoms with Crippen molar-refractivity contribution in [2.45, 2.75) is 20.4 Å². The molecule has 0 saturated carbocycles. The van der Waals surface area contributed by atoms with Gasteiger partial charge in [-0.25, -0.2) is 4.68 Å². The third kappa shape index (κ3) is 3.67. The summed E-state index contributed by atoms with van der Waals surface area (Å²) in [5, 5.41) is 17.1. The van der Waals surface area contributed by atoms with E-state index in [0.717, 1.165) is 5.56 Å². The lowest BCUT2D eigenvalue weighted by atomic mass is 10.1. The second kappa shape index (κ2) is 6.99. The van der Waals surface area contributed by atoms with E-state index in [9.17, 15) is 9.90 Å². The molecule has 0 saturated heterocycles. The van der Waals surface area contributed by atoms with E-state index in [1.54, 1.807) is 29.8 Å². The number of hydrogen-bond acceptors (Lipinski definition) is 3. The number of para-hydroxylation sites is 2. The van der Waals surface area contributed by atoms with Crippen molar-refractivity contribution >= 4 is 23.2 Å². The highest BCUT2D eigenvalue weighted by molar-refractivity contribution is 6.33. The molecule has 1 heterocycles. The van der Waals surface area contributed by atoms with E-state index in [1.165, 1.54) is 11.6 Å². The van der Waals surface area contributed by atoms with Crippen molar-refractivity contribution < 1.29 is 9.90 Å². The summed E-state index contributed by atoms with van der Waals surface area (Å²) in [6, 6.07) is 14.6. The third-order valence-corrected chi connectivity index (χ3v) is 4.28. The van der Waals surface area contributed by atoms with E-state index < -0.39 is 5.91 Å². The number of nitrogens with zero attached hydrogens (tertiary/aromatic N) is 2. The van der Waals surface area contributed by atoms with E-state index in [4.69, 9.17) is 11.6 Å². The Morgan fingerprint density at radius 2 is 1.84 bits per heavy atom. The fourth-order valence-electron chi connectivity index (χ4n) is 2.55. The number of rotatable bonds is 4. The van der Waals surface area contributed by atoms with Crippen LogP contribution in [-0.4, -0.2) is 20.8 Å². The van der Waals surface area contributed by atoms with E-state index in [1.807, 2.05) is 31.2 Å². The van der Waals surface area contributed by atoms with Gasteiger partial charge in [-0.3, -0.25) is 4.79 Å². The molecule has 2 N–H and O–H groups in total. The molecule has 0 aliphatic carbocycles. The van der Waals surface area contributed by atoms with Crippen LogP contribution in [0.4, 0.5) is 5.69 Å². The predicted molar refractivity (Wildman–Crippen MR) is 98.3 cm³/mol. The number of amides is 1.